The quantitative estimate of drug-likeness (QED) is 0.295. The molecule has 6 atom stereocenters. The lowest BCUT2D eigenvalue weighted by atomic mass is 9.70. The van der Waals surface area contributed by atoms with Crippen LogP contribution in [0.3, 0.4) is 0 Å². The molecule has 3 aliphatic heterocycles. The molecule has 1 spiro atoms. The molecule has 3 saturated heterocycles. The van der Waals surface area contributed by atoms with Gasteiger partial charge in [-0.05, 0) is 55.7 Å². The molecule has 8 heteroatoms. The number of fused-ring (bicyclic) bond motifs is 1. The highest BCUT2D eigenvalue weighted by Crippen LogP contribution is 2.67. The number of anilines is 1. The minimum atomic E-state index is -0.806. The maximum atomic E-state index is 15.1. The second-order valence-corrected chi connectivity index (χ2v) is 14.8. The van der Waals surface area contributed by atoms with Gasteiger partial charge in [0.2, 0.25) is 11.8 Å². The molecule has 3 heterocycles. The zero-order chi connectivity index (χ0) is 32.5. The molecule has 3 aliphatic rings. The number of benzene rings is 2. The van der Waals surface area contributed by atoms with Gasteiger partial charge in [0.05, 0.1) is 29.2 Å². The van der Waals surface area contributed by atoms with E-state index in [0.29, 0.717) is 32.5 Å². The van der Waals surface area contributed by atoms with E-state index in [4.69, 9.17) is 0 Å². The highest BCUT2D eigenvalue weighted by molar-refractivity contribution is 8.02. The van der Waals surface area contributed by atoms with Crippen LogP contribution in [0, 0.1) is 31.6 Å². The lowest BCUT2D eigenvalue weighted by Crippen LogP contribution is -2.58. The molecule has 0 radical (unpaired) electrons. The van der Waals surface area contributed by atoms with Crippen LogP contribution in [0.25, 0.3) is 0 Å². The number of aliphatic hydroxyl groups excluding tert-OH is 1. The molecule has 2 bridgehead atoms. The van der Waals surface area contributed by atoms with Gasteiger partial charge in [0.1, 0.15) is 6.04 Å². The molecule has 2 unspecified atom stereocenters. The SMILES string of the molecule is C=CCN(Cc1ccccc1)C(=O)[C@@H]1[C@H]2C(=O)N([C@@H](CO)CC(C)C)C(C(=O)N(CC=C)c3c(C)cccc3C)C23CC[C@H]1S3. The van der Waals surface area contributed by atoms with E-state index in [-0.39, 0.29) is 35.5 Å². The summed E-state index contributed by atoms with van der Waals surface area (Å²) >= 11 is 1.67. The molecule has 0 aliphatic carbocycles. The highest BCUT2D eigenvalue weighted by atomic mass is 32.2. The Morgan fingerprint density at radius 1 is 1.04 bits per heavy atom. The molecular weight excluding hydrogens is 582 g/mol. The summed E-state index contributed by atoms with van der Waals surface area (Å²) < 4.78 is -0.758. The molecule has 1 N–H and O–H groups in total. The molecule has 3 fully saturated rings. The molecule has 2 aromatic rings. The van der Waals surface area contributed by atoms with Crippen LogP contribution in [0.4, 0.5) is 5.69 Å². The van der Waals surface area contributed by atoms with Gasteiger partial charge in [0, 0.05) is 30.6 Å². The maximum absolute atomic E-state index is 15.1. The number of rotatable bonds is 13. The molecule has 0 aromatic heterocycles. The predicted octanol–water partition coefficient (Wildman–Crippen LogP) is 5.54. The number of likely N-dealkylation sites (tertiary alicyclic amines) is 1. The third-order valence-electron chi connectivity index (χ3n) is 9.77. The van der Waals surface area contributed by atoms with E-state index >= 15 is 4.79 Å². The van der Waals surface area contributed by atoms with E-state index in [2.05, 4.69) is 27.0 Å². The van der Waals surface area contributed by atoms with E-state index < -0.39 is 28.7 Å². The fraction of sp³-hybridized carbons (Fsp3) is 0.486. The van der Waals surface area contributed by atoms with Gasteiger partial charge in [-0.2, -0.15) is 0 Å². The first-order chi connectivity index (χ1) is 21.6. The lowest BCUT2D eigenvalue weighted by molar-refractivity contribution is -0.145. The normalized spacial score (nSPS) is 25.7. The Morgan fingerprint density at radius 3 is 2.31 bits per heavy atom. The minimum absolute atomic E-state index is 0.0577. The third-order valence-corrected chi connectivity index (χ3v) is 11.7. The topological polar surface area (TPSA) is 81.2 Å². The summed E-state index contributed by atoms with van der Waals surface area (Å²) in [6.45, 7) is 16.8. The zero-order valence-corrected chi connectivity index (χ0v) is 27.8. The van der Waals surface area contributed by atoms with Crippen molar-refractivity contribution in [3.63, 3.8) is 0 Å². The van der Waals surface area contributed by atoms with Crippen molar-refractivity contribution in [1.29, 1.82) is 0 Å². The van der Waals surface area contributed by atoms with Crippen LogP contribution in [0.1, 0.15) is 49.8 Å². The number of carbonyl (C=O) groups excluding carboxylic acids is 3. The highest BCUT2D eigenvalue weighted by Gasteiger charge is 2.74. The lowest BCUT2D eigenvalue weighted by Gasteiger charge is -2.40. The van der Waals surface area contributed by atoms with Gasteiger partial charge in [-0.25, -0.2) is 0 Å². The second-order valence-electron chi connectivity index (χ2n) is 13.2. The molecule has 2 aromatic carbocycles. The molecule has 0 saturated carbocycles. The summed E-state index contributed by atoms with van der Waals surface area (Å²) in [5, 5.41) is 10.6. The second kappa shape index (κ2) is 13.6. The number of hydrogen-bond donors (Lipinski definition) is 1. The van der Waals surface area contributed by atoms with Crippen LogP contribution in [-0.2, 0) is 20.9 Å². The number of carbonyl (C=O) groups is 3. The summed E-state index contributed by atoms with van der Waals surface area (Å²) in [5.74, 6) is -1.41. The number of aryl methyl sites for hydroxylation is 2. The molecule has 3 amide bonds. The molecule has 5 rings (SSSR count). The first-order valence-electron chi connectivity index (χ1n) is 16.1. The Labute approximate surface area is 272 Å². The van der Waals surface area contributed by atoms with Crippen molar-refractivity contribution in [2.75, 3.05) is 24.6 Å². The van der Waals surface area contributed by atoms with Crippen molar-refractivity contribution in [2.24, 2.45) is 17.8 Å². The van der Waals surface area contributed by atoms with Crippen molar-refractivity contribution >= 4 is 35.2 Å². The first-order valence-corrected chi connectivity index (χ1v) is 17.0. The molecule has 7 nitrogen and oxygen atoms in total. The zero-order valence-electron chi connectivity index (χ0n) is 27.0. The van der Waals surface area contributed by atoms with Gasteiger partial charge >= 0.3 is 0 Å². The van der Waals surface area contributed by atoms with E-state index in [1.54, 1.807) is 38.6 Å². The third kappa shape index (κ3) is 5.87. The summed E-state index contributed by atoms with van der Waals surface area (Å²) in [6, 6.07) is 14.5. The Balaban J connectivity index is 1.60. The average Bonchev–Trinajstić information content (AvgIpc) is 3.66. The number of hydrogen-bond acceptors (Lipinski definition) is 5. The molecular formula is C37H47N3O4S. The van der Waals surface area contributed by atoms with E-state index in [9.17, 15) is 14.7 Å². The molecule has 45 heavy (non-hydrogen) atoms. The first kappa shape index (κ1) is 33.0. The van der Waals surface area contributed by atoms with E-state index in [0.717, 1.165) is 28.8 Å². The van der Waals surface area contributed by atoms with Gasteiger partial charge in [0.15, 0.2) is 0 Å². The summed E-state index contributed by atoms with van der Waals surface area (Å²) in [4.78, 5) is 49.6. The van der Waals surface area contributed by atoms with Crippen molar-refractivity contribution in [2.45, 2.75) is 75.6 Å². The summed E-state index contributed by atoms with van der Waals surface area (Å²) in [6.07, 6.45) is 5.44. The van der Waals surface area contributed by atoms with Crippen molar-refractivity contribution in [3.05, 3.63) is 90.5 Å². The van der Waals surface area contributed by atoms with E-state index in [1.807, 2.05) is 62.4 Å². The maximum Gasteiger partial charge on any atom is 0.251 e. The van der Waals surface area contributed by atoms with Gasteiger partial charge < -0.3 is 19.8 Å². The number of para-hydroxylation sites is 1. The van der Waals surface area contributed by atoms with E-state index in [1.165, 1.54) is 0 Å². The van der Waals surface area contributed by atoms with Crippen LogP contribution in [-0.4, -0.2) is 74.4 Å². The molecule has 240 valence electrons. The Kier molecular flexibility index (Phi) is 9.94. The Bertz CT molecular complexity index is 1420. The fourth-order valence-corrected chi connectivity index (χ4v) is 10.3. The number of nitrogens with zero attached hydrogens (tertiary/aromatic N) is 3. The Hall–Kier alpha value is -3.36. The van der Waals surface area contributed by atoms with Crippen LogP contribution in [0.5, 0.6) is 0 Å². The average molecular weight is 630 g/mol. The van der Waals surface area contributed by atoms with Gasteiger partial charge in [-0.3, -0.25) is 14.4 Å². The fourth-order valence-electron chi connectivity index (χ4n) is 8.07. The van der Waals surface area contributed by atoms with Crippen LogP contribution in [0.15, 0.2) is 73.8 Å². The van der Waals surface area contributed by atoms with Crippen molar-refractivity contribution in [1.82, 2.24) is 9.80 Å². The number of amides is 3. The van der Waals surface area contributed by atoms with Crippen LogP contribution in [0.2, 0.25) is 0 Å². The summed E-state index contributed by atoms with van der Waals surface area (Å²) in [7, 11) is 0. The monoisotopic (exact) mass is 629 g/mol. The minimum Gasteiger partial charge on any atom is -0.394 e. The van der Waals surface area contributed by atoms with Gasteiger partial charge in [0.25, 0.3) is 5.91 Å². The number of thioether (sulfide) groups is 1. The Morgan fingerprint density at radius 2 is 1.71 bits per heavy atom. The smallest absolute Gasteiger partial charge is 0.251 e. The van der Waals surface area contributed by atoms with Crippen LogP contribution >= 0.6 is 11.8 Å². The summed E-state index contributed by atoms with van der Waals surface area (Å²) in [5.41, 5.74) is 3.77. The van der Waals surface area contributed by atoms with Crippen molar-refractivity contribution in [3.8, 4) is 0 Å². The number of aliphatic hydroxyl groups is 1. The van der Waals surface area contributed by atoms with Crippen LogP contribution < -0.4 is 4.90 Å². The van der Waals surface area contributed by atoms with Gasteiger partial charge in [-0.1, -0.05) is 74.5 Å². The van der Waals surface area contributed by atoms with Crippen molar-refractivity contribution < 1.29 is 19.5 Å². The predicted molar refractivity (Wildman–Crippen MR) is 182 cm³/mol. The van der Waals surface area contributed by atoms with Gasteiger partial charge in [-0.15, -0.1) is 24.9 Å². The standard InChI is InChI=1S/C37H47N3O4S/c1-7-19-38(22-27-15-10-9-11-16-27)34(42)30-29-17-18-37(45-29)31(30)35(43)40(28(23-41)21-24(3)4)33(37)36(44)39(20-8-2)32-25(5)13-12-14-26(32)6/h7-16,24,28-31,33,41H,1-2,17-23H2,3-6H3/t28-,29-,30+,31+,33?,37?/m1/s1. The largest absolute Gasteiger partial charge is 0.394 e.